The van der Waals surface area contributed by atoms with E-state index in [9.17, 15) is 8.42 Å². The van der Waals surface area contributed by atoms with Gasteiger partial charge < -0.3 is 9.92 Å². The molecule has 0 aromatic rings. The summed E-state index contributed by atoms with van der Waals surface area (Å²) in [5, 5.41) is 6.47. The summed E-state index contributed by atoms with van der Waals surface area (Å²) in [6, 6.07) is -0.832. The maximum absolute atomic E-state index is 10.5. The molecule has 0 saturated heterocycles. The van der Waals surface area contributed by atoms with Crippen LogP contribution in [0.4, 0.5) is 0 Å². The molecule has 0 aliphatic heterocycles. The fourth-order valence-electron chi connectivity index (χ4n) is 0.315. The lowest BCUT2D eigenvalue weighted by atomic mass is 10.8. The molecule has 0 atom stereocenters. The average molecular weight is 164 g/mol. The number of amidine groups is 1. The van der Waals surface area contributed by atoms with E-state index in [1.807, 2.05) is 0 Å². The number of hydrogen-bond donors (Lipinski definition) is 2. The molecule has 0 bridgehead atoms. The molecule has 0 spiro atoms. The first-order chi connectivity index (χ1) is 4.48. The first-order valence-electron chi connectivity index (χ1n) is 2.35. The molecule has 0 aromatic carbocycles. The second-order valence-corrected chi connectivity index (χ2v) is 3.08. The quantitative estimate of drug-likeness (QED) is 0.252. The van der Waals surface area contributed by atoms with Crippen molar-refractivity contribution in [2.45, 2.75) is 0 Å². The molecule has 5 nitrogen and oxygen atoms in total. The first-order valence-corrected chi connectivity index (χ1v) is 3.93. The van der Waals surface area contributed by atoms with E-state index in [4.69, 9.17) is 5.41 Å². The van der Waals surface area contributed by atoms with E-state index in [1.165, 1.54) is 0 Å². The van der Waals surface area contributed by atoms with Crippen molar-refractivity contribution in [3.05, 3.63) is 12.7 Å². The molecule has 0 aliphatic rings. The number of rotatable bonds is 3. The normalized spacial score (nSPS) is 10.4. The Morgan fingerprint density at radius 2 is 2.30 bits per heavy atom. The van der Waals surface area contributed by atoms with Crippen molar-refractivity contribution in [3.63, 3.8) is 0 Å². The molecular formula is C4H8N2O3S. The Balaban J connectivity index is 4.14. The van der Waals surface area contributed by atoms with E-state index in [-0.39, 0.29) is 5.75 Å². The highest BCUT2D eigenvalue weighted by Crippen LogP contribution is 1.91. The lowest BCUT2D eigenvalue weighted by molar-refractivity contribution is 0.479. The predicted molar refractivity (Wildman–Crippen MR) is 37.0 cm³/mol. The third kappa shape index (κ3) is 3.90. The topological polar surface area (TPSA) is 93.2 Å². The van der Waals surface area contributed by atoms with Crippen molar-refractivity contribution < 1.29 is 12.6 Å². The molecule has 0 fully saturated rings. The van der Waals surface area contributed by atoms with Gasteiger partial charge in [-0.2, -0.15) is 8.42 Å². The van der Waals surface area contributed by atoms with Crippen LogP contribution in [0.15, 0.2) is 12.7 Å². The summed E-state index contributed by atoms with van der Waals surface area (Å²) in [4.78, 5) is 0. The minimum atomic E-state index is -3.70. The third-order valence-electron chi connectivity index (χ3n) is 0.539. The van der Waals surface area contributed by atoms with Gasteiger partial charge in [0.1, 0.15) is 5.75 Å². The summed E-state index contributed by atoms with van der Waals surface area (Å²) >= 11 is 0. The van der Waals surface area contributed by atoms with Gasteiger partial charge in [0.25, 0.3) is 6.02 Å². The van der Waals surface area contributed by atoms with Crippen LogP contribution in [0.1, 0.15) is 0 Å². The maximum atomic E-state index is 10.5. The van der Waals surface area contributed by atoms with Crippen molar-refractivity contribution >= 4 is 16.1 Å². The van der Waals surface area contributed by atoms with Crippen LogP contribution in [0.2, 0.25) is 0 Å². The second kappa shape index (κ2) is 3.21. The zero-order valence-corrected chi connectivity index (χ0v) is 6.02. The van der Waals surface area contributed by atoms with E-state index in [0.717, 1.165) is 6.08 Å². The first kappa shape index (κ1) is 8.96. The van der Waals surface area contributed by atoms with Crippen LogP contribution in [-0.2, 0) is 14.3 Å². The number of nitrogens with one attached hydrogen (secondary N) is 1. The Bertz CT molecular complexity index is 231. The number of nitrogens with two attached hydrogens (primary N) is 1. The molecule has 0 amide bonds. The van der Waals surface area contributed by atoms with Crippen LogP contribution in [0.3, 0.4) is 0 Å². The fourth-order valence-corrected chi connectivity index (χ4v) is 0.945. The standard InChI is InChI=1S/C4H8N2O3S/c1-2-3-10(7,8)9-4(5)6/h2H,1,3H2,(H3,5,6). The van der Waals surface area contributed by atoms with Crippen LogP contribution >= 0.6 is 0 Å². The van der Waals surface area contributed by atoms with E-state index in [0.29, 0.717) is 0 Å². The molecule has 0 aromatic heterocycles. The highest BCUT2D eigenvalue weighted by molar-refractivity contribution is 7.87. The zero-order chi connectivity index (χ0) is 8.20. The van der Waals surface area contributed by atoms with Crippen LogP contribution in [0, 0.1) is 5.41 Å². The van der Waals surface area contributed by atoms with Gasteiger partial charge in [0.2, 0.25) is 0 Å². The van der Waals surface area contributed by atoms with Crippen molar-refractivity contribution in [2.75, 3.05) is 5.75 Å². The van der Waals surface area contributed by atoms with Gasteiger partial charge in [-0.25, -0.2) is 0 Å². The predicted octanol–water partition coefficient (Wildman–Crippen LogP) is -0.588. The third-order valence-corrected chi connectivity index (χ3v) is 1.62. The summed E-state index contributed by atoms with van der Waals surface area (Å²) in [7, 11) is -3.70. The Kier molecular flexibility index (Phi) is 2.88. The van der Waals surface area contributed by atoms with Gasteiger partial charge >= 0.3 is 10.1 Å². The molecule has 58 valence electrons. The van der Waals surface area contributed by atoms with Gasteiger partial charge in [0, 0.05) is 0 Å². The summed E-state index contributed by atoms with van der Waals surface area (Å²) in [6.45, 7) is 3.18. The molecule has 10 heavy (non-hydrogen) atoms. The smallest absolute Gasteiger partial charge is 0.315 e. The van der Waals surface area contributed by atoms with Gasteiger partial charge in [-0.1, -0.05) is 6.08 Å². The molecule has 3 N–H and O–H groups in total. The monoisotopic (exact) mass is 164 g/mol. The molecule has 0 radical (unpaired) electrons. The van der Waals surface area contributed by atoms with Crippen molar-refractivity contribution in [1.82, 2.24) is 0 Å². The molecule has 6 heteroatoms. The van der Waals surface area contributed by atoms with Crippen molar-refractivity contribution in [3.8, 4) is 0 Å². The lowest BCUT2D eigenvalue weighted by Gasteiger charge is -1.99. The molecule has 0 rings (SSSR count). The molecule has 0 unspecified atom stereocenters. The van der Waals surface area contributed by atoms with Gasteiger partial charge in [0.15, 0.2) is 0 Å². The molecular weight excluding hydrogens is 156 g/mol. The summed E-state index contributed by atoms with van der Waals surface area (Å²) < 4.78 is 25.0. The van der Waals surface area contributed by atoms with E-state index in [2.05, 4.69) is 16.5 Å². The summed E-state index contributed by atoms with van der Waals surface area (Å²) in [5.74, 6) is -0.341. The summed E-state index contributed by atoms with van der Waals surface area (Å²) in [5.41, 5.74) is 4.66. The van der Waals surface area contributed by atoms with Gasteiger partial charge in [-0.05, 0) is 0 Å². The van der Waals surface area contributed by atoms with Crippen LogP contribution in [0.5, 0.6) is 0 Å². The Labute approximate surface area is 59.1 Å². The Morgan fingerprint density at radius 3 is 2.60 bits per heavy atom. The largest absolute Gasteiger partial charge is 0.353 e. The minimum Gasteiger partial charge on any atom is -0.353 e. The molecule has 0 aliphatic carbocycles. The summed E-state index contributed by atoms with van der Waals surface area (Å²) in [6.07, 6.45) is 1.15. The van der Waals surface area contributed by atoms with Gasteiger partial charge in [-0.15, -0.1) is 6.58 Å². The Hall–Kier alpha value is -1.04. The zero-order valence-electron chi connectivity index (χ0n) is 5.20. The molecule has 0 heterocycles. The molecule has 0 saturated carbocycles. The number of hydrogen-bond acceptors (Lipinski definition) is 4. The van der Waals surface area contributed by atoms with Crippen molar-refractivity contribution in [1.29, 1.82) is 5.41 Å². The van der Waals surface area contributed by atoms with Gasteiger partial charge in [0.05, 0.1) is 0 Å². The second-order valence-electron chi connectivity index (χ2n) is 1.46. The highest BCUT2D eigenvalue weighted by Gasteiger charge is 2.09. The van der Waals surface area contributed by atoms with E-state index < -0.39 is 16.1 Å². The van der Waals surface area contributed by atoms with Crippen LogP contribution in [-0.4, -0.2) is 20.2 Å². The average Bonchev–Trinajstić information content (AvgIpc) is 1.59. The van der Waals surface area contributed by atoms with Crippen molar-refractivity contribution in [2.24, 2.45) is 5.73 Å². The van der Waals surface area contributed by atoms with Crippen LogP contribution in [0.25, 0.3) is 0 Å². The lowest BCUT2D eigenvalue weighted by Crippen LogP contribution is -2.20. The highest BCUT2D eigenvalue weighted by atomic mass is 32.2. The maximum Gasteiger partial charge on any atom is 0.315 e. The minimum absolute atomic E-state index is 0.341. The van der Waals surface area contributed by atoms with E-state index >= 15 is 0 Å². The SMILES string of the molecule is C=CCS(=O)(=O)OC(=N)N. The van der Waals surface area contributed by atoms with E-state index in [1.54, 1.807) is 0 Å². The fraction of sp³-hybridized carbons (Fsp3) is 0.250. The van der Waals surface area contributed by atoms with Crippen LogP contribution < -0.4 is 5.73 Å². The van der Waals surface area contributed by atoms with Gasteiger partial charge in [-0.3, -0.25) is 5.41 Å². The Morgan fingerprint density at radius 1 is 1.80 bits per heavy atom.